The number of amides is 1. The molecule has 0 radical (unpaired) electrons. The minimum absolute atomic E-state index is 0.168. The number of methoxy groups -OCH3 is 1. The lowest BCUT2D eigenvalue weighted by atomic mass is 10.1. The first kappa shape index (κ1) is 16.6. The fraction of sp³-hybridized carbons (Fsp3) is 0.222. The number of nitrogens with one attached hydrogen (secondary N) is 1. The Labute approximate surface area is 145 Å². The van der Waals surface area contributed by atoms with Crippen LogP contribution < -0.4 is 14.8 Å². The largest absolute Gasteiger partial charge is 0.484 e. The summed E-state index contributed by atoms with van der Waals surface area (Å²) in [6.07, 6.45) is 3.26. The van der Waals surface area contributed by atoms with Crippen molar-refractivity contribution < 1.29 is 14.3 Å². The second-order valence-corrected chi connectivity index (χ2v) is 5.20. The molecule has 3 aromatic rings. The molecule has 1 aromatic carbocycles. The van der Waals surface area contributed by atoms with Crippen LogP contribution in [-0.2, 0) is 6.61 Å². The van der Waals surface area contributed by atoms with Gasteiger partial charge >= 0.3 is 6.01 Å². The zero-order valence-corrected chi connectivity index (χ0v) is 14.0. The lowest BCUT2D eigenvalue weighted by Gasteiger charge is -2.13. The predicted molar refractivity (Wildman–Crippen MR) is 92.7 cm³/mol. The summed E-state index contributed by atoms with van der Waals surface area (Å²) in [6.45, 7) is 2.56. The van der Waals surface area contributed by atoms with E-state index < -0.39 is 0 Å². The van der Waals surface area contributed by atoms with Crippen molar-refractivity contribution in [2.45, 2.75) is 13.5 Å². The van der Waals surface area contributed by atoms with Crippen LogP contribution in [0.15, 0.2) is 42.7 Å². The second kappa shape index (κ2) is 7.57. The first-order valence-electron chi connectivity index (χ1n) is 7.87. The summed E-state index contributed by atoms with van der Waals surface area (Å²) in [4.78, 5) is 24.9. The standard InChI is InChI=1S/C18H18N4O3/c1-3-19-17(23)14-7-6-12-5-4-9-20-15(12)16(14)25-11-13-8-10-21-18(22-13)24-2/h4-10H,3,11H2,1-2H3,(H,19,23). The van der Waals surface area contributed by atoms with Crippen molar-refractivity contribution in [1.29, 1.82) is 0 Å². The van der Waals surface area contributed by atoms with E-state index in [-0.39, 0.29) is 18.5 Å². The average molecular weight is 338 g/mol. The van der Waals surface area contributed by atoms with Crippen molar-refractivity contribution in [1.82, 2.24) is 20.3 Å². The summed E-state index contributed by atoms with van der Waals surface area (Å²) in [6, 6.07) is 9.35. The van der Waals surface area contributed by atoms with E-state index in [1.165, 1.54) is 7.11 Å². The maximum Gasteiger partial charge on any atom is 0.316 e. The molecule has 0 fully saturated rings. The number of nitrogens with zero attached hydrogens (tertiary/aromatic N) is 3. The Hall–Kier alpha value is -3.22. The van der Waals surface area contributed by atoms with Crippen LogP contribution in [0.1, 0.15) is 23.0 Å². The van der Waals surface area contributed by atoms with Gasteiger partial charge in [0.05, 0.1) is 18.4 Å². The van der Waals surface area contributed by atoms with Gasteiger partial charge in [0.25, 0.3) is 5.91 Å². The molecule has 2 aromatic heterocycles. The highest BCUT2D eigenvalue weighted by Gasteiger charge is 2.16. The van der Waals surface area contributed by atoms with Gasteiger partial charge in [-0.05, 0) is 25.1 Å². The molecule has 0 saturated heterocycles. The number of benzene rings is 1. The average Bonchev–Trinajstić information content (AvgIpc) is 2.66. The summed E-state index contributed by atoms with van der Waals surface area (Å²) < 4.78 is 11.0. The van der Waals surface area contributed by atoms with E-state index in [0.717, 1.165) is 5.39 Å². The molecule has 0 unspecified atom stereocenters. The SMILES string of the molecule is CCNC(=O)c1ccc2cccnc2c1OCc1ccnc(OC)n1. The van der Waals surface area contributed by atoms with Gasteiger partial charge in [0.1, 0.15) is 12.1 Å². The van der Waals surface area contributed by atoms with Crippen molar-refractivity contribution in [3.63, 3.8) is 0 Å². The van der Waals surface area contributed by atoms with Crippen molar-refractivity contribution >= 4 is 16.8 Å². The van der Waals surface area contributed by atoms with Crippen LogP contribution in [0.5, 0.6) is 11.8 Å². The first-order chi connectivity index (χ1) is 12.2. The molecule has 128 valence electrons. The molecule has 0 spiro atoms. The van der Waals surface area contributed by atoms with E-state index in [0.29, 0.717) is 29.1 Å². The van der Waals surface area contributed by atoms with Crippen molar-refractivity contribution in [2.75, 3.05) is 13.7 Å². The molecule has 7 heteroatoms. The lowest BCUT2D eigenvalue weighted by molar-refractivity contribution is 0.0951. The smallest absolute Gasteiger partial charge is 0.316 e. The fourth-order valence-corrected chi connectivity index (χ4v) is 2.40. The zero-order valence-electron chi connectivity index (χ0n) is 14.0. The molecule has 0 atom stereocenters. The van der Waals surface area contributed by atoms with Crippen LogP contribution in [0.4, 0.5) is 0 Å². The minimum Gasteiger partial charge on any atom is -0.484 e. The van der Waals surface area contributed by atoms with Gasteiger partial charge < -0.3 is 14.8 Å². The van der Waals surface area contributed by atoms with Gasteiger partial charge in [-0.2, -0.15) is 4.98 Å². The maximum absolute atomic E-state index is 12.4. The third kappa shape index (κ3) is 3.65. The van der Waals surface area contributed by atoms with Crippen molar-refractivity contribution in [3.05, 3.63) is 54.0 Å². The number of hydrogen-bond acceptors (Lipinski definition) is 6. The Kier molecular flexibility index (Phi) is 5.03. The minimum atomic E-state index is -0.203. The highest BCUT2D eigenvalue weighted by atomic mass is 16.5. The number of ether oxygens (including phenoxy) is 2. The summed E-state index contributed by atoms with van der Waals surface area (Å²) in [7, 11) is 1.50. The summed E-state index contributed by atoms with van der Waals surface area (Å²) >= 11 is 0. The van der Waals surface area contributed by atoms with E-state index in [2.05, 4.69) is 20.3 Å². The van der Waals surface area contributed by atoms with Gasteiger partial charge in [-0.25, -0.2) is 4.98 Å². The Morgan fingerprint density at radius 1 is 1.16 bits per heavy atom. The molecule has 2 heterocycles. The second-order valence-electron chi connectivity index (χ2n) is 5.20. The maximum atomic E-state index is 12.4. The molecule has 25 heavy (non-hydrogen) atoms. The molecular formula is C18H18N4O3. The number of aromatic nitrogens is 3. The number of fused-ring (bicyclic) bond motifs is 1. The summed E-state index contributed by atoms with van der Waals surface area (Å²) in [5, 5.41) is 3.69. The topological polar surface area (TPSA) is 86.2 Å². The van der Waals surface area contributed by atoms with Crippen molar-refractivity contribution in [3.8, 4) is 11.8 Å². The van der Waals surface area contributed by atoms with Crippen LogP contribution in [0.3, 0.4) is 0 Å². The molecule has 7 nitrogen and oxygen atoms in total. The highest BCUT2D eigenvalue weighted by molar-refractivity contribution is 6.02. The number of pyridine rings is 1. The first-order valence-corrected chi connectivity index (χ1v) is 7.87. The van der Waals surface area contributed by atoms with Crippen LogP contribution >= 0.6 is 0 Å². The Morgan fingerprint density at radius 2 is 2.04 bits per heavy atom. The number of carbonyl (C=O) groups is 1. The van der Waals surface area contributed by atoms with Crippen molar-refractivity contribution in [2.24, 2.45) is 0 Å². The third-order valence-electron chi connectivity index (χ3n) is 3.55. The molecule has 1 amide bonds. The van der Waals surface area contributed by atoms with Gasteiger partial charge in [0, 0.05) is 24.3 Å². The highest BCUT2D eigenvalue weighted by Crippen LogP contribution is 2.29. The van der Waals surface area contributed by atoms with Crippen LogP contribution in [-0.4, -0.2) is 34.5 Å². The van der Waals surface area contributed by atoms with Gasteiger partial charge in [-0.1, -0.05) is 12.1 Å². The molecule has 0 aliphatic carbocycles. The summed E-state index contributed by atoms with van der Waals surface area (Å²) in [5.41, 5.74) is 1.71. The lowest BCUT2D eigenvalue weighted by Crippen LogP contribution is -2.23. The number of hydrogen-bond donors (Lipinski definition) is 1. The van der Waals surface area contributed by atoms with Crippen LogP contribution in [0.25, 0.3) is 10.9 Å². The van der Waals surface area contributed by atoms with Gasteiger partial charge in [-0.3, -0.25) is 9.78 Å². The molecule has 0 saturated carbocycles. The van der Waals surface area contributed by atoms with Gasteiger partial charge in [0.2, 0.25) is 0 Å². The normalized spacial score (nSPS) is 10.5. The number of carbonyl (C=O) groups excluding carboxylic acids is 1. The third-order valence-corrected chi connectivity index (χ3v) is 3.55. The van der Waals surface area contributed by atoms with Crippen LogP contribution in [0, 0.1) is 0 Å². The van der Waals surface area contributed by atoms with E-state index in [4.69, 9.17) is 9.47 Å². The van der Waals surface area contributed by atoms with E-state index >= 15 is 0 Å². The predicted octanol–water partition coefficient (Wildman–Crippen LogP) is 2.36. The quantitative estimate of drug-likeness (QED) is 0.742. The van der Waals surface area contributed by atoms with E-state index in [1.807, 2.05) is 25.1 Å². The zero-order chi connectivity index (χ0) is 17.6. The number of rotatable bonds is 6. The fourth-order valence-electron chi connectivity index (χ4n) is 2.40. The monoisotopic (exact) mass is 338 g/mol. The molecule has 1 N–H and O–H groups in total. The molecular weight excluding hydrogens is 320 g/mol. The van der Waals surface area contributed by atoms with Gasteiger partial charge in [0.15, 0.2) is 5.75 Å². The Morgan fingerprint density at radius 3 is 2.84 bits per heavy atom. The molecule has 3 rings (SSSR count). The van der Waals surface area contributed by atoms with E-state index in [1.54, 1.807) is 24.5 Å². The Balaban J connectivity index is 1.97. The molecule has 0 aliphatic heterocycles. The Bertz CT molecular complexity index is 898. The summed E-state index contributed by atoms with van der Waals surface area (Å²) in [5.74, 6) is 0.229. The molecule has 0 aliphatic rings. The van der Waals surface area contributed by atoms with Gasteiger partial charge in [-0.15, -0.1) is 0 Å². The molecule has 0 bridgehead atoms. The van der Waals surface area contributed by atoms with Crippen LogP contribution in [0.2, 0.25) is 0 Å². The van der Waals surface area contributed by atoms with E-state index in [9.17, 15) is 4.79 Å².